The molecule has 4 amide bonds. The topological polar surface area (TPSA) is 231 Å². The van der Waals surface area contributed by atoms with Crippen molar-refractivity contribution in [1.82, 2.24) is 16.0 Å². The minimum absolute atomic E-state index is 0.199. The fraction of sp³-hybridized carbons (Fsp3) is 0.684. The van der Waals surface area contributed by atoms with E-state index < -0.39 is 78.5 Å². The molecule has 188 valence electrons. The molecule has 14 heteroatoms. The lowest BCUT2D eigenvalue weighted by Crippen LogP contribution is -2.58. The molecule has 0 fully saturated rings. The van der Waals surface area contributed by atoms with Gasteiger partial charge in [0.15, 0.2) is 0 Å². The molecule has 0 saturated carbocycles. The molecule has 0 aromatic heterocycles. The van der Waals surface area contributed by atoms with Crippen molar-refractivity contribution in [1.29, 1.82) is 0 Å². The first-order valence-corrected chi connectivity index (χ1v) is 11.6. The van der Waals surface area contributed by atoms with Crippen LogP contribution in [0.2, 0.25) is 0 Å². The summed E-state index contributed by atoms with van der Waals surface area (Å²) in [7, 11) is 0. The smallest absolute Gasteiger partial charge is 0.326 e. The Morgan fingerprint density at radius 3 is 1.91 bits per heavy atom. The van der Waals surface area contributed by atoms with Crippen LogP contribution >= 0.6 is 11.8 Å². The molecule has 0 radical (unpaired) electrons. The van der Waals surface area contributed by atoms with Crippen LogP contribution in [0, 0.1) is 5.92 Å². The number of rotatable bonds is 16. The monoisotopic (exact) mass is 491 g/mol. The average molecular weight is 492 g/mol. The minimum atomic E-state index is -1.45. The van der Waals surface area contributed by atoms with Crippen molar-refractivity contribution in [3.05, 3.63) is 0 Å². The normalized spacial score (nSPS) is 14.5. The number of hydrogen-bond donors (Lipinski definition) is 7. The number of thioether (sulfide) groups is 1. The summed E-state index contributed by atoms with van der Waals surface area (Å²) in [4.78, 5) is 70.8. The molecule has 0 aliphatic carbocycles. The summed E-state index contributed by atoms with van der Waals surface area (Å²) >= 11 is 1.42. The van der Waals surface area contributed by atoms with Gasteiger partial charge >= 0.3 is 11.9 Å². The molecule has 0 aromatic carbocycles. The molecule has 0 aromatic rings. The lowest BCUT2D eigenvalue weighted by molar-refractivity contribution is -0.143. The zero-order chi connectivity index (χ0) is 25.7. The number of aliphatic carboxylic acids is 2. The second-order valence-electron chi connectivity index (χ2n) is 7.68. The molecule has 0 aliphatic heterocycles. The summed E-state index contributed by atoms with van der Waals surface area (Å²) in [5.74, 6) is -5.66. The fourth-order valence-electron chi connectivity index (χ4n) is 2.67. The van der Waals surface area contributed by atoms with Crippen molar-refractivity contribution in [3.8, 4) is 0 Å². The van der Waals surface area contributed by atoms with Gasteiger partial charge in [0.05, 0.1) is 12.5 Å². The summed E-state index contributed by atoms with van der Waals surface area (Å²) in [6.45, 7) is 3.24. The van der Waals surface area contributed by atoms with E-state index in [1.54, 1.807) is 20.1 Å². The Balaban J connectivity index is 5.39. The number of carbonyl (C=O) groups is 6. The van der Waals surface area contributed by atoms with Gasteiger partial charge < -0.3 is 37.6 Å². The van der Waals surface area contributed by atoms with Gasteiger partial charge in [-0.25, -0.2) is 4.79 Å². The molecular formula is C19H33N5O8S. The highest BCUT2D eigenvalue weighted by Crippen LogP contribution is 2.08. The van der Waals surface area contributed by atoms with Crippen molar-refractivity contribution in [3.63, 3.8) is 0 Å². The Morgan fingerprint density at radius 1 is 0.879 bits per heavy atom. The van der Waals surface area contributed by atoms with Gasteiger partial charge in [-0.15, -0.1) is 0 Å². The summed E-state index contributed by atoms with van der Waals surface area (Å²) in [6, 6.07) is -4.93. The fourth-order valence-corrected chi connectivity index (χ4v) is 3.14. The van der Waals surface area contributed by atoms with Gasteiger partial charge in [0.2, 0.25) is 23.6 Å². The Hall–Kier alpha value is -2.87. The van der Waals surface area contributed by atoms with E-state index in [4.69, 9.17) is 16.6 Å². The first-order valence-electron chi connectivity index (χ1n) is 10.2. The van der Waals surface area contributed by atoms with Gasteiger partial charge in [-0.3, -0.25) is 24.0 Å². The number of hydrogen-bond acceptors (Lipinski definition) is 8. The van der Waals surface area contributed by atoms with Crippen LogP contribution in [0.5, 0.6) is 0 Å². The van der Waals surface area contributed by atoms with Crippen LogP contribution in [0.3, 0.4) is 0 Å². The van der Waals surface area contributed by atoms with Gasteiger partial charge in [0.1, 0.15) is 18.1 Å². The second kappa shape index (κ2) is 15.1. The summed E-state index contributed by atoms with van der Waals surface area (Å²) in [5, 5.41) is 25.2. The van der Waals surface area contributed by atoms with Gasteiger partial charge in [0, 0.05) is 6.42 Å². The van der Waals surface area contributed by atoms with Gasteiger partial charge in [-0.2, -0.15) is 11.8 Å². The predicted octanol–water partition coefficient (Wildman–Crippen LogP) is -2.00. The average Bonchev–Trinajstić information content (AvgIpc) is 2.70. The van der Waals surface area contributed by atoms with Gasteiger partial charge in [-0.1, -0.05) is 13.8 Å². The predicted molar refractivity (Wildman–Crippen MR) is 120 cm³/mol. The summed E-state index contributed by atoms with van der Waals surface area (Å²) in [5.41, 5.74) is 10.6. The van der Waals surface area contributed by atoms with E-state index in [9.17, 15) is 33.9 Å². The molecule has 0 bridgehead atoms. The third kappa shape index (κ3) is 12.1. The number of nitrogens with two attached hydrogens (primary N) is 2. The molecule has 4 atom stereocenters. The maximum atomic E-state index is 12.8. The second-order valence-corrected chi connectivity index (χ2v) is 8.67. The van der Waals surface area contributed by atoms with E-state index in [-0.39, 0.29) is 12.8 Å². The SMILES string of the molecule is CSCCC(NC(=O)C(N)CC(N)=O)C(=O)NC(C(=O)NC(CCC(=O)O)C(=O)O)C(C)C. The van der Waals surface area contributed by atoms with Crippen LogP contribution in [-0.2, 0) is 28.8 Å². The Kier molecular flexibility index (Phi) is 13.7. The third-order valence-electron chi connectivity index (χ3n) is 4.51. The molecule has 9 N–H and O–H groups in total. The summed E-state index contributed by atoms with van der Waals surface area (Å²) < 4.78 is 0. The summed E-state index contributed by atoms with van der Waals surface area (Å²) in [6.07, 6.45) is 0.782. The first kappa shape index (κ1) is 30.1. The van der Waals surface area contributed by atoms with E-state index in [0.29, 0.717) is 5.75 Å². The van der Waals surface area contributed by atoms with Crippen LogP contribution in [0.25, 0.3) is 0 Å². The van der Waals surface area contributed by atoms with Crippen LogP contribution in [0.4, 0.5) is 0 Å². The maximum absolute atomic E-state index is 12.8. The van der Waals surface area contributed by atoms with E-state index in [2.05, 4.69) is 16.0 Å². The number of nitrogens with one attached hydrogen (secondary N) is 3. The van der Waals surface area contributed by atoms with Crippen LogP contribution < -0.4 is 27.4 Å². The Labute approximate surface area is 195 Å². The number of amides is 4. The number of primary amides is 1. The highest BCUT2D eigenvalue weighted by atomic mass is 32.2. The van der Waals surface area contributed by atoms with Crippen molar-refractivity contribution in [2.24, 2.45) is 17.4 Å². The standard InChI is InChI=1S/C19H33N5O8S/c1-9(2)15(18(30)23-12(19(31)32)4-5-14(26)27)24-17(29)11(6-7-33-3)22-16(28)10(20)8-13(21)25/h9-12,15H,4-8,20H2,1-3H3,(H2,21,25)(H,22,28)(H,23,30)(H,24,29)(H,26,27)(H,31,32). The largest absolute Gasteiger partial charge is 0.481 e. The van der Waals surface area contributed by atoms with Gasteiger partial charge in [0.25, 0.3) is 0 Å². The van der Waals surface area contributed by atoms with Crippen molar-refractivity contribution >= 4 is 47.3 Å². The zero-order valence-electron chi connectivity index (χ0n) is 18.8. The highest BCUT2D eigenvalue weighted by molar-refractivity contribution is 7.98. The van der Waals surface area contributed by atoms with E-state index in [1.807, 2.05) is 0 Å². The lowest BCUT2D eigenvalue weighted by Gasteiger charge is -2.27. The lowest BCUT2D eigenvalue weighted by atomic mass is 10.0. The molecule has 13 nitrogen and oxygen atoms in total. The number of carboxylic acids is 2. The molecule has 33 heavy (non-hydrogen) atoms. The molecule has 0 aliphatic rings. The molecule has 0 rings (SSSR count). The van der Waals surface area contributed by atoms with Crippen LogP contribution in [0.1, 0.15) is 39.5 Å². The van der Waals surface area contributed by atoms with E-state index in [1.165, 1.54) is 11.8 Å². The minimum Gasteiger partial charge on any atom is -0.481 e. The third-order valence-corrected chi connectivity index (χ3v) is 5.15. The maximum Gasteiger partial charge on any atom is 0.326 e. The quantitative estimate of drug-likeness (QED) is 0.125. The van der Waals surface area contributed by atoms with Crippen LogP contribution in [0.15, 0.2) is 0 Å². The molecule has 0 spiro atoms. The molecule has 4 unspecified atom stereocenters. The van der Waals surface area contributed by atoms with Crippen LogP contribution in [-0.4, -0.2) is 82.0 Å². The molecule has 0 heterocycles. The van der Waals surface area contributed by atoms with E-state index in [0.717, 1.165) is 0 Å². The molecule has 0 saturated heterocycles. The molecular weight excluding hydrogens is 458 g/mol. The van der Waals surface area contributed by atoms with Crippen molar-refractivity contribution in [2.45, 2.75) is 63.7 Å². The zero-order valence-corrected chi connectivity index (χ0v) is 19.6. The van der Waals surface area contributed by atoms with Crippen molar-refractivity contribution < 1.29 is 39.0 Å². The number of carbonyl (C=O) groups excluding carboxylic acids is 4. The van der Waals surface area contributed by atoms with Crippen molar-refractivity contribution in [2.75, 3.05) is 12.0 Å². The Bertz CT molecular complexity index is 733. The first-order chi connectivity index (χ1) is 15.3. The van der Waals surface area contributed by atoms with E-state index >= 15 is 0 Å². The number of carboxylic acid groups (broad SMARTS) is 2. The Morgan fingerprint density at radius 2 is 1.45 bits per heavy atom. The highest BCUT2D eigenvalue weighted by Gasteiger charge is 2.32. The van der Waals surface area contributed by atoms with Gasteiger partial charge in [-0.05, 0) is 30.8 Å².